The molecule has 0 aliphatic heterocycles. The fourth-order valence-electron chi connectivity index (χ4n) is 0.851. The average molecular weight is 216 g/mol. The third kappa shape index (κ3) is 5.59. The molecule has 0 amide bonds. The fourth-order valence-corrected chi connectivity index (χ4v) is 1.74. The molecule has 0 aromatic heterocycles. The molecular weight excluding hydrogens is 200 g/mol. The van der Waals surface area contributed by atoms with Gasteiger partial charge in [-0.25, -0.2) is 0 Å². The Morgan fingerprint density at radius 3 is 2.10 bits per heavy atom. The van der Waals surface area contributed by atoms with Crippen molar-refractivity contribution in [1.29, 1.82) is 0 Å². The molecule has 0 fully saturated rings. The molecule has 0 aliphatic carbocycles. The first kappa shape index (κ1) is 13.4. The fraction of sp³-hybridized carbons (Fsp3) is 1.00. The molecule has 0 radical (unpaired) electrons. The first-order valence-electron chi connectivity index (χ1n) is 3.45. The molecule has 0 aliphatic rings. The van der Waals surface area contributed by atoms with Crippen LogP contribution in [0.15, 0.2) is 0 Å². The first-order valence-corrected chi connectivity index (χ1v) is 4.88. The van der Waals surface area contributed by atoms with E-state index in [0.29, 0.717) is 0 Å². The van der Waals surface area contributed by atoms with E-state index in [9.17, 15) is 4.57 Å². The molecule has 0 rings (SSSR count). The van der Waals surface area contributed by atoms with Gasteiger partial charge in [-0.1, -0.05) is 20.3 Å². The van der Waals surface area contributed by atoms with Gasteiger partial charge in [0.1, 0.15) is 0 Å². The standard InChI is InChI=1S/C6H15O2P.Zn/c1-3-5-6(4-2)9(7)8;/h6,9H,3-5H2,1-2H3,(H,7,8);. The second-order valence-electron chi connectivity index (χ2n) is 2.23. The maximum Gasteiger partial charge on any atom is 0.192 e. The molecule has 4 heteroatoms. The Labute approximate surface area is 76.0 Å². The first-order chi connectivity index (χ1) is 4.22. The van der Waals surface area contributed by atoms with Gasteiger partial charge in [0.05, 0.1) is 0 Å². The van der Waals surface area contributed by atoms with Crippen molar-refractivity contribution in [2.45, 2.75) is 38.8 Å². The Morgan fingerprint density at radius 1 is 1.50 bits per heavy atom. The van der Waals surface area contributed by atoms with E-state index in [4.69, 9.17) is 4.89 Å². The third-order valence-corrected chi connectivity index (χ3v) is 2.87. The second-order valence-corrected chi connectivity index (χ2v) is 3.73. The van der Waals surface area contributed by atoms with Gasteiger partial charge in [-0.15, -0.1) is 0 Å². The van der Waals surface area contributed by atoms with Crippen molar-refractivity contribution in [2.24, 2.45) is 0 Å². The molecule has 58 valence electrons. The summed E-state index contributed by atoms with van der Waals surface area (Å²) in [6.45, 7) is 3.99. The van der Waals surface area contributed by atoms with Crippen LogP contribution in [0.4, 0.5) is 0 Å². The monoisotopic (exact) mass is 214 g/mol. The molecule has 0 saturated heterocycles. The zero-order chi connectivity index (χ0) is 7.28. The van der Waals surface area contributed by atoms with Crippen LogP contribution in [0.25, 0.3) is 0 Å². The van der Waals surface area contributed by atoms with Crippen LogP contribution in [0.2, 0.25) is 0 Å². The molecule has 2 unspecified atom stereocenters. The number of rotatable bonds is 4. The number of hydrogen-bond donors (Lipinski definition) is 1. The van der Waals surface area contributed by atoms with E-state index >= 15 is 0 Å². The Kier molecular flexibility index (Phi) is 10.6. The van der Waals surface area contributed by atoms with Crippen LogP contribution in [-0.2, 0) is 24.0 Å². The van der Waals surface area contributed by atoms with E-state index < -0.39 is 8.03 Å². The van der Waals surface area contributed by atoms with Crippen molar-refractivity contribution >= 4 is 8.03 Å². The summed E-state index contributed by atoms with van der Waals surface area (Å²) in [6, 6.07) is 0. The van der Waals surface area contributed by atoms with Crippen molar-refractivity contribution in [1.82, 2.24) is 0 Å². The van der Waals surface area contributed by atoms with Crippen LogP contribution >= 0.6 is 8.03 Å². The summed E-state index contributed by atoms with van der Waals surface area (Å²) in [5.74, 6) is 0. The second kappa shape index (κ2) is 7.92. The van der Waals surface area contributed by atoms with Gasteiger partial charge in [0.2, 0.25) is 0 Å². The Hall–Kier alpha value is 0.813. The number of hydrogen-bond acceptors (Lipinski definition) is 1. The van der Waals surface area contributed by atoms with Crippen LogP contribution in [0, 0.1) is 0 Å². The predicted molar refractivity (Wildman–Crippen MR) is 40.2 cm³/mol. The van der Waals surface area contributed by atoms with Crippen LogP contribution in [0.1, 0.15) is 33.1 Å². The average Bonchev–Trinajstić information content (AvgIpc) is 1.82. The Morgan fingerprint density at radius 2 is 2.00 bits per heavy atom. The van der Waals surface area contributed by atoms with Gasteiger partial charge in [-0.05, 0) is 12.8 Å². The summed E-state index contributed by atoms with van der Waals surface area (Å²) < 4.78 is 10.5. The van der Waals surface area contributed by atoms with Gasteiger partial charge in [-0.2, -0.15) is 0 Å². The molecule has 2 nitrogen and oxygen atoms in total. The van der Waals surface area contributed by atoms with Crippen molar-refractivity contribution < 1.29 is 28.9 Å². The predicted octanol–water partition coefficient (Wildman–Crippen LogP) is 2.03. The minimum absolute atomic E-state index is 0. The summed E-state index contributed by atoms with van der Waals surface area (Å²) in [5.41, 5.74) is 0.0694. The molecule has 0 aromatic rings. The molecule has 0 spiro atoms. The van der Waals surface area contributed by atoms with Crippen LogP contribution in [-0.4, -0.2) is 10.6 Å². The van der Waals surface area contributed by atoms with Gasteiger partial charge in [-0.3, -0.25) is 4.57 Å². The Bertz CT molecular complexity index is 97.7. The van der Waals surface area contributed by atoms with E-state index in [1.54, 1.807) is 0 Å². The quantitative estimate of drug-likeness (QED) is 0.576. The van der Waals surface area contributed by atoms with Gasteiger partial charge < -0.3 is 4.89 Å². The van der Waals surface area contributed by atoms with Gasteiger partial charge >= 0.3 is 0 Å². The van der Waals surface area contributed by atoms with Gasteiger partial charge in [0.15, 0.2) is 8.03 Å². The minimum atomic E-state index is -2.24. The third-order valence-electron chi connectivity index (χ3n) is 1.48. The smallest absolute Gasteiger partial charge is 0.192 e. The summed E-state index contributed by atoms with van der Waals surface area (Å²) in [5, 5.41) is 0. The molecule has 2 atom stereocenters. The maximum absolute atomic E-state index is 10.5. The minimum Gasteiger partial charge on any atom is -0.346 e. The van der Waals surface area contributed by atoms with E-state index in [-0.39, 0.29) is 25.1 Å². The summed E-state index contributed by atoms with van der Waals surface area (Å²) in [4.78, 5) is 8.69. The molecule has 0 bridgehead atoms. The van der Waals surface area contributed by atoms with E-state index in [0.717, 1.165) is 19.3 Å². The Balaban J connectivity index is 0. The van der Waals surface area contributed by atoms with Crippen molar-refractivity contribution in [3.8, 4) is 0 Å². The SMILES string of the molecule is CCCC(CC)[PH](=O)O.[Zn]. The van der Waals surface area contributed by atoms with Gasteiger partial charge in [0, 0.05) is 25.1 Å². The van der Waals surface area contributed by atoms with Crippen LogP contribution in [0.3, 0.4) is 0 Å². The van der Waals surface area contributed by atoms with Crippen LogP contribution in [0.5, 0.6) is 0 Å². The van der Waals surface area contributed by atoms with Gasteiger partial charge in [0.25, 0.3) is 0 Å². The molecule has 10 heavy (non-hydrogen) atoms. The summed E-state index contributed by atoms with van der Waals surface area (Å²) >= 11 is 0. The van der Waals surface area contributed by atoms with E-state index in [2.05, 4.69) is 0 Å². The normalized spacial score (nSPS) is 15.5. The summed E-state index contributed by atoms with van der Waals surface area (Å²) in [7, 11) is -2.24. The van der Waals surface area contributed by atoms with E-state index in [1.165, 1.54) is 0 Å². The van der Waals surface area contributed by atoms with E-state index in [1.807, 2.05) is 13.8 Å². The largest absolute Gasteiger partial charge is 0.346 e. The van der Waals surface area contributed by atoms with Crippen LogP contribution < -0.4 is 0 Å². The zero-order valence-corrected chi connectivity index (χ0v) is 10.7. The molecule has 1 N–H and O–H groups in total. The van der Waals surface area contributed by atoms with Crippen molar-refractivity contribution in [3.05, 3.63) is 0 Å². The molecule has 0 saturated carbocycles. The van der Waals surface area contributed by atoms with Crippen molar-refractivity contribution in [2.75, 3.05) is 0 Å². The molecule has 0 aromatic carbocycles. The zero-order valence-electron chi connectivity index (χ0n) is 6.76. The molecule has 0 heterocycles. The topological polar surface area (TPSA) is 37.3 Å². The molecular formula is C6H15O2PZn. The maximum atomic E-state index is 10.5. The van der Waals surface area contributed by atoms with Crippen molar-refractivity contribution in [3.63, 3.8) is 0 Å². The summed E-state index contributed by atoms with van der Waals surface area (Å²) in [6.07, 6.45) is 2.74.